The number of aromatic nitrogens is 2. The molecular formula is C14H14N2O2. The molecule has 4 rings (SSSR count). The second kappa shape index (κ2) is 3.34. The summed E-state index contributed by atoms with van der Waals surface area (Å²) in [5.74, 6) is 0.317. The molecule has 2 fully saturated rings. The molecule has 2 aliphatic rings. The summed E-state index contributed by atoms with van der Waals surface area (Å²) in [6.45, 7) is 0. The quantitative estimate of drug-likeness (QED) is 0.900. The van der Waals surface area contributed by atoms with Gasteiger partial charge in [-0.15, -0.1) is 0 Å². The van der Waals surface area contributed by atoms with Crippen LogP contribution in [0.1, 0.15) is 59.3 Å². The van der Waals surface area contributed by atoms with E-state index >= 15 is 0 Å². The number of hydrogen-bond acceptors (Lipinski definition) is 2. The Morgan fingerprint density at radius 3 is 2.50 bits per heavy atom. The van der Waals surface area contributed by atoms with Crippen LogP contribution in [0.4, 0.5) is 0 Å². The molecule has 0 saturated heterocycles. The van der Waals surface area contributed by atoms with Gasteiger partial charge in [-0.05, 0) is 55.4 Å². The molecule has 4 nitrogen and oxygen atoms in total. The minimum Gasteiger partial charge on any atom is -0.476 e. The number of rotatable bonds is 3. The standard InChI is InChI=1S/C14H14N2O2/c17-14(18)12-7-11-5-10(8-1-2-8)6-13(9-3-4-9)16(11)15-12/h5-9H,1-4H2,(H,17,18). The largest absolute Gasteiger partial charge is 0.476 e. The van der Waals surface area contributed by atoms with Gasteiger partial charge >= 0.3 is 5.97 Å². The lowest BCUT2D eigenvalue weighted by Gasteiger charge is -2.06. The summed E-state index contributed by atoms with van der Waals surface area (Å²) in [6, 6.07) is 6.02. The maximum absolute atomic E-state index is 11.0. The van der Waals surface area contributed by atoms with Crippen LogP contribution in [-0.4, -0.2) is 20.7 Å². The van der Waals surface area contributed by atoms with Crippen LogP contribution >= 0.6 is 0 Å². The average molecular weight is 242 g/mol. The molecule has 0 aromatic carbocycles. The molecule has 0 bridgehead atoms. The first-order valence-corrected chi connectivity index (χ1v) is 6.49. The molecule has 1 N–H and O–H groups in total. The summed E-state index contributed by atoms with van der Waals surface area (Å²) < 4.78 is 1.83. The van der Waals surface area contributed by atoms with Gasteiger partial charge in [0, 0.05) is 11.6 Å². The Labute approximate surface area is 104 Å². The van der Waals surface area contributed by atoms with Crippen LogP contribution in [0.3, 0.4) is 0 Å². The third-order valence-electron chi connectivity index (χ3n) is 3.87. The van der Waals surface area contributed by atoms with Crippen molar-refractivity contribution in [3.05, 3.63) is 35.2 Å². The molecule has 2 aliphatic carbocycles. The highest BCUT2D eigenvalue weighted by atomic mass is 16.4. The van der Waals surface area contributed by atoms with Crippen molar-refractivity contribution in [1.29, 1.82) is 0 Å². The van der Waals surface area contributed by atoms with E-state index in [-0.39, 0.29) is 5.69 Å². The molecular weight excluding hydrogens is 228 g/mol. The molecule has 0 spiro atoms. The van der Waals surface area contributed by atoms with Gasteiger partial charge in [0.2, 0.25) is 0 Å². The Kier molecular flexibility index (Phi) is 1.88. The molecule has 0 radical (unpaired) electrons. The minimum atomic E-state index is -0.951. The first-order valence-electron chi connectivity index (χ1n) is 6.49. The summed E-state index contributed by atoms with van der Waals surface area (Å²) >= 11 is 0. The fourth-order valence-corrected chi connectivity index (χ4v) is 2.58. The minimum absolute atomic E-state index is 0.143. The van der Waals surface area contributed by atoms with Crippen molar-refractivity contribution >= 4 is 11.5 Å². The van der Waals surface area contributed by atoms with Gasteiger partial charge in [0.15, 0.2) is 5.69 Å². The second-order valence-electron chi connectivity index (χ2n) is 5.43. The van der Waals surface area contributed by atoms with Gasteiger partial charge in [-0.3, -0.25) is 0 Å². The Bertz CT molecular complexity index is 651. The number of nitrogens with zero attached hydrogens (tertiary/aromatic N) is 2. The fraction of sp³-hybridized carbons (Fsp3) is 0.429. The molecule has 92 valence electrons. The van der Waals surface area contributed by atoms with Gasteiger partial charge in [0.05, 0.1) is 5.52 Å². The number of carboxylic acid groups (broad SMARTS) is 1. The summed E-state index contributed by atoms with van der Waals surface area (Å²) in [7, 11) is 0. The lowest BCUT2D eigenvalue weighted by atomic mass is 10.1. The molecule has 4 heteroatoms. The zero-order valence-electron chi connectivity index (χ0n) is 9.97. The van der Waals surface area contributed by atoms with Crippen molar-refractivity contribution in [1.82, 2.24) is 9.61 Å². The predicted octanol–water partition coefficient (Wildman–Crippen LogP) is 2.79. The molecule has 2 heterocycles. The first-order chi connectivity index (χ1) is 8.72. The zero-order chi connectivity index (χ0) is 12.3. The van der Waals surface area contributed by atoms with Crippen LogP contribution in [0.25, 0.3) is 5.52 Å². The number of fused-ring (bicyclic) bond motifs is 1. The van der Waals surface area contributed by atoms with Gasteiger partial charge in [0.25, 0.3) is 0 Å². The highest BCUT2D eigenvalue weighted by molar-refractivity contribution is 5.87. The first kappa shape index (κ1) is 10.1. The van der Waals surface area contributed by atoms with Crippen molar-refractivity contribution in [2.75, 3.05) is 0 Å². The van der Waals surface area contributed by atoms with Gasteiger partial charge < -0.3 is 5.11 Å². The van der Waals surface area contributed by atoms with E-state index < -0.39 is 5.97 Å². The van der Waals surface area contributed by atoms with Crippen LogP contribution in [0.15, 0.2) is 18.2 Å². The Morgan fingerprint density at radius 1 is 1.17 bits per heavy atom. The van der Waals surface area contributed by atoms with Crippen LogP contribution in [-0.2, 0) is 0 Å². The number of hydrogen-bond donors (Lipinski definition) is 1. The molecule has 2 aromatic rings. The van der Waals surface area contributed by atoms with Crippen LogP contribution in [0.2, 0.25) is 0 Å². The summed E-state index contributed by atoms with van der Waals surface area (Å²) in [5, 5.41) is 13.3. The van der Waals surface area contributed by atoms with Gasteiger partial charge in [-0.1, -0.05) is 0 Å². The van der Waals surface area contributed by atoms with Crippen molar-refractivity contribution < 1.29 is 9.90 Å². The summed E-state index contributed by atoms with van der Waals surface area (Å²) in [6.07, 6.45) is 4.93. The second-order valence-corrected chi connectivity index (χ2v) is 5.43. The monoisotopic (exact) mass is 242 g/mol. The number of pyridine rings is 1. The highest BCUT2D eigenvalue weighted by Crippen LogP contribution is 2.45. The van der Waals surface area contributed by atoms with Crippen LogP contribution in [0, 0.1) is 0 Å². The van der Waals surface area contributed by atoms with Crippen LogP contribution in [0.5, 0.6) is 0 Å². The van der Waals surface area contributed by atoms with Crippen molar-refractivity contribution in [3.63, 3.8) is 0 Å². The number of carboxylic acids is 1. The lowest BCUT2D eigenvalue weighted by Crippen LogP contribution is -2.01. The smallest absolute Gasteiger partial charge is 0.356 e. The van der Waals surface area contributed by atoms with Crippen molar-refractivity contribution in [3.8, 4) is 0 Å². The van der Waals surface area contributed by atoms with Crippen molar-refractivity contribution in [2.45, 2.75) is 37.5 Å². The molecule has 0 aliphatic heterocycles. The number of carbonyl (C=O) groups is 1. The third kappa shape index (κ3) is 1.52. The van der Waals surface area contributed by atoms with Gasteiger partial charge in [-0.25, -0.2) is 9.31 Å². The highest BCUT2D eigenvalue weighted by Gasteiger charge is 2.30. The molecule has 0 atom stereocenters. The Morgan fingerprint density at radius 2 is 1.89 bits per heavy atom. The van der Waals surface area contributed by atoms with E-state index in [1.54, 1.807) is 6.07 Å². The van der Waals surface area contributed by atoms with Gasteiger partial charge in [-0.2, -0.15) is 5.10 Å². The van der Waals surface area contributed by atoms with E-state index in [0.717, 1.165) is 5.52 Å². The third-order valence-corrected chi connectivity index (χ3v) is 3.87. The fourth-order valence-electron chi connectivity index (χ4n) is 2.58. The van der Waals surface area contributed by atoms with E-state index in [1.165, 1.54) is 36.9 Å². The summed E-state index contributed by atoms with van der Waals surface area (Å²) in [4.78, 5) is 11.0. The topological polar surface area (TPSA) is 54.6 Å². The molecule has 2 aromatic heterocycles. The SMILES string of the molecule is O=C(O)c1cc2cc(C3CC3)cc(C3CC3)n2n1. The predicted molar refractivity (Wildman–Crippen MR) is 66.1 cm³/mol. The van der Waals surface area contributed by atoms with E-state index in [9.17, 15) is 4.79 Å². The Hall–Kier alpha value is -1.84. The molecule has 2 saturated carbocycles. The Balaban J connectivity index is 1.94. The van der Waals surface area contributed by atoms with E-state index in [1.807, 2.05) is 4.52 Å². The van der Waals surface area contributed by atoms with E-state index in [0.29, 0.717) is 11.8 Å². The maximum Gasteiger partial charge on any atom is 0.356 e. The molecule has 18 heavy (non-hydrogen) atoms. The van der Waals surface area contributed by atoms with Gasteiger partial charge in [0.1, 0.15) is 0 Å². The van der Waals surface area contributed by atoms with Crippen LogP contribution < -0.4 is 0 Å². The van der Waals surface area contributed by atoms with E-state index in [4.69, 9.17) is 5.11 Å². The summed E-state index contributed by atoms with van der Waals surface area (Å²) in [5.41, 5.74) is 3.63. The maximum atomic E-state index is 11.0. The zero-order valence-corrected chi connectivity index (χ0v) is 9.97. The van der Waals surface area contributed by atoms with Crippen molar-refractivity contribution in [2.24, 2.45) is 0 Å². The molecule has 0 amide bonds. The normalized spacial score (nSPS) is 19.3. The lowest BCUT2D eigenvalue weighted by molar-refractivity contribution is 0.0690. The number of aromatic carboxylic acids is 1. The average Bonchev–Trinajstić information content (AvgIpc) is 3.22. The van der Waals surface area contributed by atoms with E-state index in [2.05, 4.69) is 17.2 Å². The molecule has 0 unspecified atom stereocenters.